The maximum absolute atomic E-state index is 13.3. The van der Waals surface area contributed by atoms with Crippen molar-refractivity contribution in [2.75, 3.05) is 16.8 Å². The van der Waals surface area contributed by atoms with Crippen molar-refractivity contribution in [3.8, 4) is 5.75 Å². The lowest BCUT2D eigenvalue weighted by Crippen LogP contribution is -2.33. The Hall–Kier alpha value is -4.57. The Kier molecular flexibility index (Phi) is 5.62. The molecule has 0 radical (unpaired) electrons. The van der Waals surface area contributed by atoms with Gasteiger partial charge in [-0.15, -0.1) is 0 Å². The smallest absolute Gasteiger partial charge is 0.362 e. The summed E-state index contributed by atoms with van der Waals surface area (Å²) in [6.07, 6.45) is 3.66. The summed E-state index contributed by atoms with van der Waals surface area (Å²) in [7, 11) is 0. The molecule has 1 aliphatic heterocycles. The second-order valence-electron chi connectivity index (χ2n) is 8.26. The van der Waals surface area contributed by atoms with Gasteiger partial charge in [-0.1, -0.05) is 41.7 Å². The Morgan fingerprint density at radius 2 is 1.92 bits per heavy atom. The van der Waals surface area contributed by atoms with E-state index < -0.39 is 5.97 Å². The van der Waals surface area contributed by atoms with Crippen molar-refractivity contribution in [3.63, 3.8) is 0 Å². The summed E-state index contributed by atoms with van der Waals surface area (Å²) in [5.74, 6) is 0.205. The summed E-state index contributed by atoms with van der Waals surface area (Å²) in [6.45, 7) is 1.20. The number of rotatable bonds is 5. The second kappa shape index (κ2) is 9.23. The van der Waals surface area contributed by atoms with Gasteiger partial charge >= 0.3 is 5.97 Å². The Bertz CT molecular complexity index is 1550. The summed E-state index contributed by atoms with van der Waals surface area (Å²) in [5.41, 5.74) is 3.72. The van der Waals surface area contributed by atoms with E-state index in [9.17, 15) is 9.59 Å². The lowest BCUT2D eigenvalue weighted by Gasteiger charge is -2.31. The summed E-state index contributed by atoms with van der Waals surface area (Å²) >= 11 is 1.45. The molecule has 0 aliphatic carbocycles. The number of ether oxygens (including phenoxy) is 1. The van der Waals surface area contributed by atoms with Gasteiger partial charge in [-0.25, -0.2) is 14.8 Å². The van der Waals surface area contributed by atoms with Crippen LogP contribution in [-0.2, 0) is 13.0 Å². The normalized spacial score (nSPS) is 12.8. The monoisotopic (exact) mass is 496 g/mol. The minimum Gasteiger partial charge on any atom is -0.418 e. The van der Waals surface area contributed by atoms with Crippen LogP contribution < -0.4 is 15.0 Å². The molecule has 0 unspecified atom stereocenters. The SMILES string of the molecule is O=C(Oc1cn[nH]c1)c1cccc(N2CCc3cccc(C(=O)Nc4nc5ccccc5s4)c3C2)n1. The minimum absolute atomic E-state index is 0.196. The van der Waals surface area contributed by atoms with Crippen molar-refractivity contribution >= 4 is 44.4 Å². The van der Waals surface area contributed by atoms with E-state index in [1.54, 1.807) is 12.1 Å². The van der Waals surface area contributed by atoms with Crippen LogP contribution in [0.4, 0.5) is 10.9 Å². The van der Waals surface area contributed by atoms with Crippen molar-refractivity contribution in [2.45, 2.75) is 13.0 Å². The highest BCUT2D eigenvalue weighted by Crippen LogP contribution is 2.29. The molecule has 1 amide bonds. The molecule has 0 saturated heterocycles. The van der Waals surface area contributed by atoms with Gasteiger partial charge in [0.05, 0.1) is 22.6 Å². The number of pyridine rings is 1. The number of para-hydroxylation sites is 1. The van der Waals surface area contributed by atoms with Gasteiger partial charge in [0, 0.05) is 18.7 Å². The number of amides is 1. The van der Waals surface area contributed by atoms with Crippen molar-refractivity contribution < 1.29 is 14.3 Å². The number of anilines is 2. The van der Waals surface area contributed by atoms with Crippen molar-refractivity contribution in [1.29, 1.82) is 0 Å². The Morgan fingerprint density at radius 1 is 1.03 bits per heavy atom. The van der Waals surface area contributed by atoms with E-state index in [-0.39, 0.29) is 11.6 Å². The third kappa shape index (κ3) is 4.29. The third-order valence-corrected chi connectivity index (χ3v) is 6.94. The molecule has 10 heteroatoms. The largest absolute Gasteiger partial charge is 0.418 e. The number of aromatic amines is 1. The highest BCUT2D eigenvalue weighted by molar-refractivity contribution is 7.22. The summed E-state index contributed by atoms with van der Waals surface area (Å²) in [6, 6.07) is 18.8. The molecule has 4 heterocycles. The molecule has 5 aromatic rings. The number of hydrogen-bond acceptors (Lipinski definition) is 8. The van der Waals surface area contributed by atoms with Crippen LogP contribution in [0, 0.1) is 0 Å². The minimum atomic E-state index is -0.563. The van der Waals surface area contributed by atoms with Gasteiger partial charge in [-0.3, -0.25) is 15.2 Å². The highest BCUT2D eigenvalue weighted by atomic mass is 32.1. The standard InChI is InChI=1S/C26H20N6O3S/c33-24(31-26-30-20-7-1-2-9-22(20)36-26)18-6-3-5-16-11-12-32(15-19(16)18)23-10-4-8-21(29-23)25(34)35-17-13-27-28-14-17/h1-10,13-14H,11-12,15H2,(H,27,28)(H,30,31,33). The molecule has 3 aromatic heterocycles. The van der Waals surface area contributed by atoms with Crippen LogP contribution in [0.3, 0.4) is 0 Å². The molecule has 0 saturated carbocycles. The summed E-state index contributed by atoms with van der Waals surface area (Å²) in [5, 5.41) is 9.91. The molecule has 2 aromatic carbocycles. The Balaban J connectivity index is 1.23. The molecular weight excluding hydrogens is 476 g/mol. The number of nitrogens with one attached hydrogen (secondary N) is 2. The zero-order valence-corrected chi connectivity index (χ0v) is 19.8. The van der Waals surface area contributed by atoms with Crippen LogP contribution in [0.25, 0.3) is 10.2 Å². The Morgan fingerprint density at radius 3 is 2.78 bits per heavy atom. The molecule has 2 N–H and O–H groups in total. The number of H-pyrrole nitrogens is 1. The van der Waals surface area contributed by atoms with E-state index in [1.165, 1.54) is 23.7 Å². The van der Waals surface area contributed by atoms with E-state index in [2.05, 4.69) is 30.4 Å². The number of nitrogens with zero attached hydrogens (tertiary/aromatic N) is 4. The third-order valence-electron chi connectivity index (χ3n) is 5.98. The van der Waals surface area contributed by atoms with Gasteiger partial charge in [-0.2, -0.15) is 5.10 Å². The fourth-order valence-corrected chi connectivity index (χ4v) is 5.11. The zero-order chi connectivity index (χ0) is 24.5. The molecule has 6 rings (SSSR count). The average molecular weight is 497 g/mol. The number of esters is 1. The van der Waals surface area contributed by atoms with Gasteiger partial charge in [0.2, 0.25) is 0 Å². The van der Waals surface area contributed by atoms with E-state index in [0.29, 0.717) is 35.4 Å². The molecule has 36 heavy (non-hydrogen) atoms. The summed E-state index contributed by atoms with van der Waals surface area (Å²) < 4.78 is 6.32. The number of hydrogen-bond donors (Lipinski definition) is 2. The summed E-state index contributed by atoms with van der Waals surface area (Å²) in [4.78, 5) is 36.9. The number of fused-ring (bicyclic) bond motifs is 2. The fourth-order valence-electron chi connectivity index (χ4n) is 4.25. The molecule has 0 atom stereocenters. The second-order valence-corrected chi connectivity index (χ2v) is 9.29. The Labute approximate surface area is 209 Å². The van der Waals surface area contributed by atoms with Gasteiger partial charge < -0.3 is 9.64 Å². The van der Waals surface area contributed by atoms with Crippen LogP contribution >= 0.6 is 11.3 Å². The predicted octanol–water partition coefficient (Wildman–Crippen LogP) is 4.45. The average Bonchev–Trinajstić information content (AvgIpc) is 3.57. The number of thiazole rings is 1. The first kappa shape index (κ1) is 21.9. The van der Waals surface area contributed by atoms with Crippen LogP contribution in [-0.4, -0.2) is 38.6 Å². The van der Waals surface area contributed by atoms with Crippen LogP contribution in [0.1, 0.15) is 32.0 Å². The van der Waals surface area contributed by atoms with Crippen molar-refractivity contribution in [1.82, 2.24) is 20.2 Å². The van der Waals surface area contributed by atoms with E-state index in [4.69, 9.17) is 4.74 Å². The number of carbonyl (C=O) groups excluding carboxylic acids is 2. The lowest BCUT2D eigenvalue weighted by molar-refractivity contribution is 0.0728. The number of carbonyl (C=O) groups is 2. The van der Waals surface area contributed by atoms with Gasteiger partial charge in [0.1, 0.15) is 5.82 Å². The lowest BCUT2D eigenvalue weighted by atomic mass is 9.94. The molecule has 0 fully saturated rings. The van der Waals surface area contributed by atoms with E-state index >= 15 is 0 Å². The predicted molar refractivity (Wildman–Crippen MR) is 137 cm³/mol. The maximum Gasteiger partial charge on any atom is 0.362 e. The highest BCUT2D eigenvalue weighted by Gasteiger charge is 2.24. The number of aromatic nitrogens is 4. The first-order valence-electron chi connectivity index (χ1n) is 11.3. The zero-order valence-electron chi connectivity index (χ0n) is 19.0. The maximum atomic E-state index is 13.3. The fraction of sp³-hybridized carbons (Fsp3) is 0.115. The first-order chi connectivity index (χ1) is 17.6. The van der Waals surface area contributed by atoms with Gasteiger partial charge in [-0.05, 0) is 47.9 Å². The molecule has 0 bridgehead atoms. The molecule has 1 aliphatic rings. The quantitative estimate of drug-likeness (QED) is 0.346. The molecular formula is C26H20N6O3S. The van der Waals surface area contributed by atoms with Crippen LogP contribution in [0.15, 0.2) is 73.1 Å². The topological polar surface area (TPSA) is 113 Å². The van der Waals surface area contributed by atoms with Gasteiger partial charge in [0.25, 0.3) is 5.91 Å². The molecule has 178 valence electrons. The first-order valence-corrected chi connectivity index (χ1v) is 12.2. The van der Waals surface area contributed by atoms with Gasteiger partial charge in [0.15, 0.2) is 16.6 Å². The van der Waals surface area contributed by atoms with Crippen molar-refractivity contribution in [2.24, 2.45) is 0 Å². The van der Waals surface area contributed by atoms with E-state index in [0.717, 1.165) is 27.8 Å². The molecule has 0 spiro atoms. The van der Waals surface area contributed by atoms with Crippen LogP contribution in [0.5, 0.6) is 5.75 Å². The molecule has 9 nitrogen and oxygen atoms in total. The van der Waals surface area contributed by atoms with Crippen molar-refractivity contribution in [3.05, 3.63) is 95.4 Å². The number of benzene rings is 2. The van der Waals surface area contributed by atoms with E-state index in [1.807, 2.05) is 48.5 Å². The van der Waals surface area contributed by atoms with Crippen LogP contribution in [0.2, 0.25) is 0 Å².